The van der Waals surface area contributed by atoms with Gasteiger partial charge in [-0.15, -0.1) is 0 Å². The highest BCUT2D eigenvalue weighted by molar-refractivity contribution is 5.76. The Morgan fingerprint density at radius 3 is 1.04 bits per heavy atom. The normalized spacial score (nSPS) is 18.4. The van der Waals surface area contributed by atoms with Crippen LogP contribution >= 0.6 is 0 Å². The molecule has 6 N–H and O–H groups in total. The van der Waals surface area contributed by atoms with E-state index in [9.17, 15) is 30.3 Å². The predicted octanol–water partition coefficient (Wildman–Crippen LogP) is 19.6. The molecule has 1 aliphatic heterocycles. The highest BCUT2D eigenvalue weighted by Gasteiger charge is 2.44. The second-order valence-electron chi connectivity index (χ2n) is 25.4. The zero-order valence-corrected chi connectivity index (χ0v) is 53.8. The van der Waals surface area contributed by atoms with Crippen molar-refractivity contribution >= 4 is 5.91 Å². The minimum Gasteiger partial charge on any atom is -0.394 e. The molecule has 0 aliphatic carbocycles. The van der Waals surface area contributed by atoms with Crippen molar-refractivity contribution in [2.24, 2.45) is 0 Å². The summed E-state index contributed by atoms with van der Waals surface area (Å²) >= 11 is 0. The number of aliphatic hydroxyl groups is 5. The van der Waals surface area contributed by atoms with Crippen molar-refractivity contribution in [3.05, 3.63) is 24.3 Å². The van der Waals surface area contributed by atoms with Gasteiger partial charge < -0.3 is 40.3 Å². The zero-order chi connectivity index (χ0) is 58.6. The highest BCUT2D eigenvalue weighted by Crippen LogP contribution is 2.24. The lowest BCUT2D eigenvalue weighted by Crippen LogP contribution is -2.60. The summed E-state index contributed by atoms with van der Waals surface area (Å²) in [6.45, 7) is 3.83. The van der Waals surface area contributed by atoms with Crippen LogP contribution in [0.15, 0.2) is 24.3 Å². The van der Waals surface area contributed by atoms with Gasteiger partial charge in [0.2, 0.25) is 5.91 Å². The van der Waals surface area contributed by atoms with Crippen LogP contribution in [0, 0.1) is 0 Å². The second kappa shape index (κ2) is 61.7. The van der Waals surface area contributed by atoms with Gasteiger partial charge in [0.05, 0.1) is 25.4 Å². The van der Waals surface area contributed by atoms with Crippen molar-refractivity contribution in [2.75, 3.05) is 13.2 Å². The molecule has 1 rings (SSSR count). The van der Waals surface area contributed by atoms with E-state index in [4.69, 9.17) is 9.47 Å². The second-order valence-corrected chi connectivity index (χ2v) is 25.4. The lowest BCUT2D eigenvalue weighted by atomic mass is 9.99. The minimum absolute atomic E-state index is 0.177. The summed E-state index contributed by atoms with van der Waals surface area (Å²) in [5.74, 6) is -0.177. The Labute approximate surface area is 502 Å². The summed E-state index contributed by atoms with van der Waals surface area (Å²) < 4.78 is 11.3. The number of carbonyl (C=O) groups is 1. The summed E-state index contributed by atoms with van der Waals surface area (Å²) in [5.41, 5.74) is 0. The van der Waals surface area contributed by atoms with Gasteiger partial charge in [-0.3, -0.25) is 4.79 Å². The molecule has 7 atom stereocenters. The molecule has 0 spiro atoms. The Morgan fingerprint density at radius 1 is 0.407 bits per heavy atom. The summed E-state index contributed by atoms with van der Waals surface area (Å²) in [6.07, 6.45) is 74.5. The molecule has 0 aromatic rings. The Bertz CT molecular complexity index is 1330. The van der Waals surface area contributed by atoms with Crippen LogP contribution < -0.4 is 5.32 Å². The van der Waals surface area contributed by atoms with Gasteiger partial charge in [-0.1, -0.05) is 359 Å². The van der Waals surface area contributed by atoms with Crippen LogP contribution in [0.1, 0.15) is 373 Å². The lowest BCUT2D eigenvalue weighted by molar-refractivity contribution is -0.302. The van der Waals surface area contributed by atoms with Crippen LogP contribution in [0.5, 0.6) is 0 Å². The Hall–Kier alpha value is -1.33. The molecule has 0 saturated carbocycles. The monoisotopic (exact) mass is 1150 g/mol. The van der Waals surface area contributed by atoms with E-state index in [1.807, 2.05) is 6.08 Å². The molecule has 9 heteroatoms. The molecular weight excluding hydrogens is 1010 g/mol. The Morgan fingerprint density at radius 2 is 0.704 bits per heavy atom. The molecule has 81 heavy (non-hydrogen) atoms. The number of amides is 1. The molecule has 0 bridgehead atoms. The van der Waals surface area contributed by atoms with E-state index in [0.717, 1.165) is 38.5 Å². The SMILES string of the molecule is CCCCCCCCCCCCCCCCCCCCCC/C=C/CC/C=C/C(O)C(COC1OC(CO)C(O)C(O)C1O)NC(=O)CCCCCCCCCCCCCCCCCCCCCCCCCCCCCCCCCC. The standard InChI is InChI=1S/C72H139NO8/c1-3-5-7-9-11-13-15-17-19-21-23-25-27-29-31-32-33-34-35-36-38-40-42-44-46-48-50-52-54-56-58-60-62-68(76)73-65(64-80-72-71(79)70(78)69(77)67(63-74)81-72)66(75)61-59-57-55-53-51-49-47-45-43-41-39-37-30-28-26-24-22-20-18-16-14-12-10-8-6-4-2/h51,53,59,61,65-67,69-72,74-75,77-79H,3-50,52,54-58,60,62-64H2,1-2H3,(H,73,76)/b53-51+,61-59+. The van der Waals surface area contributed by atoms with Gasteiger partial charge in [-0.2, -0.15) is 0 Å². The fraction of sp³-hybridized carbons (Fsp3) is 0.931. The molecule has 7 unspecified atom stereocenters. The van der Waals surface area contributed by atoms with Crippen LogP contribution in [0.25, 0.3) is 0 Å². The number of hydrogen-bond donors (Lipinski definition) is 6. The molecule has 1 aliphatic rings. The average molecular weight is 1150 g/mol. The molecular formula is C72H139NO8. The summed E-state index contributed by atoms with van der Waals surface area (Å²) in [4.78, 5) is 13.1. The third-order valence-electron chi connectivity index (χ3n) is 17.5. The quantitative estimate of drug-likeness (QED) is 0.0261. The van der Waals surface area contributed by atoms with Crippen molar-refractivity contribution in [3.8, 4) is 0 Å². The van der Waals surface area contributed by atoms with Gasteiger partial charge in [0, 0.05) is 6.42 Å². The maximum absolute atomic E-state index is 13.1. The predicted molar refractivity (Wildman–Crippen MR) is 346 cm³/mol. The fourth-order valence-electron chi connectivity index (χ4n) is 11.9. The number of unbranched alkanes of at least 4 members (excludes halogenated alkanes) is 52. The van der Waals surface area contributed by atoms with Crippen LogP contribution in [0.3, 0.4) is 0 Å². The Kier molecular flexibility index (Phi) is 59.2. The van der Waals surface area contributed by atoms with E-state index < -0.39 is 49.5 Å². The van der Waals surface area contributed by atoms with Gasteiger partial charge in [-0.25, -0.2) is 0 Å². The third-order valence-corrected chi connectivity index (χ3v) is 17.5. The molecule has 1 saturated heterocycles. The zero-order valence-electron chi connectivity index (χ0n) is 53.8. The number of aliphatic hydroxyl groups excluding tert-OH is 5. The number of hydrogen-bond acceptors (Lipinski definition) is 8. The highest BCUT2D eigenvalue weighted by atomic mass is 16.7. The molecule has 1 amide bonds. The van der Waals surface area contributed by atoms with Crippen molar-refractivity contribution in [2.45, 2.75) is 416 Å². The lowest BCUT2D eigenvalue weighted by Gasteiger charge is -2.40. The maximum Gasteiger partial charge on any atom is 0.220 e. The Balaban J connectivity index is 2.12. The van der Waals surface area contributed by atoms with Crippen molar-refractivity contribution in [1.29, 1.82) is 0 Å². The first-order valence-corrected chi connectivity index (χ1v) is 36.1. The third kappa shape index (κ3) is 50.5. The first-order valence-electron chi connectivity index (χ1n) is 36.1. The van der Waals surface area contributed by atoms with Crippen molar-refractivity contribution < 1.29 is 39.8 Å². The first-order chi connectivity index (χ1) is 39.8. The van der Waals surface area contributed by atoms with Gasteiger partial charge in [0.15, 0.2) is 6.29 Å². The van der Waals surface area contributed by atoms with Gasteiger partial charge in [-0.05, 0) is 32.1 Å². The minimum atomic E-state index is -1.57. The molecule has 1 fully saturated rings. The van der Waals surface area contributed by atoms with E-state index in [2.05, 4.69) is 31.3 Å². The van der Waals surface area contributed by atoms with Gasteiger partial charge >= 0.3 is 0 Å². The summed E-state index contributed by atoms with van der Waals surface area (Å²) in [6, 6.07) is -0.820. The fourth-order valence-corrected chi connectivity index (χ4v) is 11.9. The van der Waals surface area contributed by atoms with Crippen molar-refractivity contribution in [1.82, 2.24) is 5.32 Å². The van der Waals surface area contributed by atoms with E-state index in [0.29, 0.717) is 6.42 Å². The number of rotatable bonds is 64. The van der Waals surface area contributed by atoms with Gasteiger partial charge in [0.1, 0.15) is 24.4 Å². The van der Waals surface area contributed by atoms with E-state index in [-0.39, 0.29) is 12.5 Å². The number of nitrogens with one attached hydrogen (secondary N) is 1. The summed E-state index contributed by atoms with van der Waals surface area (Å²) in [7, 11) is 0. The van der Waals surface area contributed by atoms with Crippen LogP contribution in [-0.4, -0.2) is 87.5 Å². The largest absolute Gasteiger partial charge is 0.394 e. The van der Waals surface area contributed by atoms with E-state index in [1.165, 1.54) is 315 Å². The maximum atomic E-state index is 13.1. The summed E-state index contributed by atoms with van der Waals surface area (Å²) in [5, 5.41) is 54.8. The van der Waals surface area contributed by atoms with Crippen LogP contribution in [-0.2, 0) is 14.3 Å². The average Bonchev–Trinajstić information content (AvgIpc) is 3.48. The molecule has 480 valence electrons. The van der Waals surface area contributed by atoms with Crippen molar-refractivity contribution in [3.63, 3.8) is 0 Å². The molecule has 0 radical (unpaired) electrons. The van der Waals surface area contributed by atoms with Gasteiger partial charge in [0.25, 0.3) is 0 Å². The topological polar surface area (TPSA) is 149 Å². The first kappa shape index (κ1) is 77.7. The number of carbonyl (C=O) groups excluding carboxylic acids is 1. The molecule has 1 heterocycles. The van der Waals surface area contributed by atoms with E-state index in [1.54, 1.807) is 6.08 Å². The number of ether oxygens (including phenoxy) is 2. The smallest absolute Gasteiger partial charge is 0.220 e. The van der Waals surface area contributed by atoms with Crippen LogP contribution in [0.2, 0.25) is 0 Å². The molecule has 0 aromatic carbocycles. The van der Waals surface area contributed by atoms with Crippen LogP contribution in [0.4, 0.5) is 0 Å². The molecule has 9 nitrogen and oxygen atoms in total. The molecule has 0 aromatic heterocycles. The van der Waals surface area contributed by atoms with E-state index >= 15 is 0 Å². The number of allylic oxidation sites excluding steroid dienone is 3.